The first-order valence-electron chi connectivity index (χ1n) is 5.49. The molecule has 3 heteroatoms. The molecular formula is C13H17N3. The summed E-state index contributed by atoms with van der Waals surface area (Å²) < 4.78 is 1.82. The quantitative estimate of drug-likeness (QED) is 0.771. The van der Waals surface area contributed by atoms with Crippen LogP contribution in [-0.4, -0.2) is 14.8 Å². The Morgan fingerprint density at radius 1 is 1.19 bits per heavy atom. The molecule has 0 aliphatic rings. The van der Waals surface area contributed by atoms with E-state index in [-0.39, 0.29) is 5.41 Å². The molecule has 84 valence electrons. The number of hydrogen-bond acceptors (Lipinski definition) is 2. The molecule has 0 saturated carbocycles. The van der Waals surface area contributed by atoms with E-state index in [1.807, 2.05) is 10.7 Å². The van der Waals surface area contributed by atoms with Crippen LogP contribution < -0.4 is 0 Å². The molecule has 0 spiro atoms. The fourth-order valence-electron chi connectivity index (χ4n) is 1.79. The second kappa shape index (κ2) is 4.08. The molecule has 0 fully saturated rings. The van der Waals surface area contributed by atoms with Gasteiger partial charge in [0.25, 0.3) is 0 Å². The van der Waals surface area contributed by atoms with Gasteiger partial charge >= 0.3 is 0 Å². The van der Waals surface area contributed by atoms with Crippen molar-refractivity contribution in [2.24, 2.45) is 5.41 Å². The highest BCUT2D eigenvalue weighted by atomic mass is 15.3. The van der Waals surface area contributed by atoms with Gasteiger partial charge in [-0.05, 0) is 23.5 Å². The van der Waals surface area contributed by atoms with Crippen LogP contribution in [0.25, 0.3) is 5.69 Å². The van der Waals surface area contributed by atoms with Crippen LogP contribution in [0.4, 0.5) is 0 Å². The molecule has 0 radical (unpaired) electrons. The number of nitrogens with zero attached hydrogens (tertiary/aromatic N) is 3. The van der Waals surface area contributed by atoms with Gasteiger partial charge in [0.15, 0.2) is 0 Å². The lowest BCUT2D eigenvalue weighted by atomic mass is 9.87. The Bertz CT molecular complexity index is 452. The van der Waals surface area contributed by atoms with E-state index in [4.69, 9.17) is 0 Å². The van der Waals surface area contributed by atoms with Gasteiger partial charge in [-0.3, -0.25) is 0 Å². The van der Waals surface area contributed by atoms with Crippen LogP contribution in [0.1, 0.15) is 26.3 Å². The molecule has 0 aliphatic carbocycles. The van der Waals surface area contributed by atoms with Gasteiger partial charge in [-0.15, -0.1) is 0 Å². The van der Waals surface area contributed by atoms with Crippen molar-refractivity contribution in [3.63, 3.8) is 0 Å². The predicted octanol–water partition coefficient (Wildman–Crippen LogP) is 2.86. The third kappa shape index (κ3) is 2.48. The molecule has 3 nitrogen and oxygen atoms in total. The van der Waals surface area contributed by atoms with E-state index in [1.54, 1.807) is 12.7 Å². The van der Waals surface area contributed by atoms with Gasteiger partial charge in [0, 0.05) is 0 Å². The van der Waals surface area contributed by atoms with Crippen LogP contribution >= 0.6 is 0 Å². The Morgan fingerprint density at radius 2 is 1.94 bits per heavy atom. The zero-order chi connectivity index (χ0) is 11.6. The Balaban J connectivity index is 2.39. The molecule has 0 atom stereocenters. The fraction of sp³-hybridized carbons (Fsp3) is 0.385. The largest absolute Gasteiger partial charge is 0.223 e. The Labute approximate surface area is 96.1 Å². The summed E-state index contributed by atoms with van der Waals surface area (Å²) in [6, 6.07) is 8.34. The molecule has 0 bridgehead atoms. The van der Waals surface area contributed by atoms with Crippen molar-refractivity contribution in [1.29, 1.82) is 0 Å². The minimum atomic E-state index is 0.274. The highest BCUT2D eigenvalue weighted by molar-refractivity contribution is 5.40. The van der Waals surface area contributed by atoms with Crippen molar-refractivity contribution in [2.75, 3.05) is 0 Å². The molecule has 1 heterocycles. The molecule has 1 aromatic carbocycles. The van der Waals surface area contributed by atoms with Crippen LogP contribution in [-0.2, 0) is 6.42 Å². The van der Waals surface area contributed by atoms with E-state index in [0.717, 1.165) is 12.1 Å². The van der Waals surface area contributed by atoms with Crippen LogP contribution in [0.5, 0.6) is 0 Å². The molecule has 1 aromatic heterocycles. The zero-order valence-corrected chi connectivity index (χ0v) is 10.0. The highest BCUT2D eigenvalue weighted by Crippen LogP contribution is 2.24. The summed E-state index contributed by atoms with van der Waals surface area (Å²) in [5.74, 6) is 0. The SMILES string of the molecule is CC(C)(C)Cc1ccccc1-n1cncn1. The van der Waals surface area contributed by atoms with Gasteiger partial charge in [-0.25, -0.2) is 9.67 Å². The first kappa shape index (κ1) is 10.9. The van der Waals surface area contributed by atoms with Crippen LogP contribution in [0, 0.1) is 5.41 Å². The molecule has 0 unspecified atom stereocenters. The molecule has 2 rings (SSSR count). The summed E-state index contributed by atoms with van der Waals surface area (Å²) in [5, 5.41) is 4.18. The molecule has 0 amide bonds. The number of rotatable bonds is 2. The lowest BCUT2D eigenvalue weighted by molar-refractivity contribution is 0.410. The van der Waals surface area contributed by atoms with Crippen molar-refractivity contribution in [3.05, 3.63) is 42.5 Å². The second-order valence-corrected chi connectivity index (χ2v) is 5.21. The minimum Gasteiger partial charge on any atom is -0.223 e. The van der Waals surface area contributed by atoms with Gasteiger partial charge < -0.3 is 0 Å². The van der Waals surface area contributed by atoms with Gasteiger partial charge in [0.2, 0.25) is 0 Å². The number of benzene rings is 1. The van der Waals surface area contributed by atoms with Crippen molar-refractivity contribution < 1.29 is 0 Å². The van der Waals surface area contributed by atoms with E-state index >= 15 is 0 Å². The maximum atomic E-state index is 4.18. The molecular weight excluding hydrogens is 198 g/mol. The van der Waals surface area contributed by atoms with E-state index in [1.165, 1.54) is 5.56 Å². The lowest BCUT2D eigenvalue weighted by Gasteiger charge is -2.20. The normalized spacial score (nSPS) is 11.7. The summed E-state index contributed by atoms with van der Waals surface area (Å²) >= 11 is 0. The van der Waals surface area contributed by atoms with Crippen LogP contribution in [0.15, 0.2) is 36.9 Å². The van der Waals surface area contributed by atoms with Gasteiger partial charge in [-0.2, -0.15) is 5.10 Å². The van der Waals surface area contributed by atoms with Crippen LogP contribution in [0.3, 0.4) is 0 Å². The topological polar surface area (TPSA) is 30.7 Å². The van der Waals surface area contributed by atoms with E-state index in [9.17, 15) is 0 Å². The summed E-state index contributed by atoms with van der Waals surface area (Å²) in [6.45, 7) is 6.72. The van der Waals surface area contributed by atoms with Gasteiger partial charge in [-0.1, -0.05) is 39.0 Å². The summed E-state index contributed by atoms with van der Waals surface area (Å²) in [4.78, 5) is 3.99. The molecule has 0 aliphatic heterocycles. The predicted molar refractivity (Wildman–Crippen MR) is 64.5 cm³/mol. The fourth-order valence-corrected chi connectivity index (χ4v) is 1.79. The average molecular weight is 215 g/mol. The van der Waals surface area contributed by atoms with Crippen molar-refractivity contribution in [2.45, 2.75) is 27.2 Å². The van der Waals surface area contributed by atoms with Crippen LogP contribution in [0.2, 0.25) is 0 Å². The van der Waals surface area contributed by atoms with E-state index < -0.39 is 0 Å². The summed E-state index contributed by atoms with van der Waals surface area (Å²) in [5.41, 5.74) is 2.70. The Morgan fingerprint density at radius 3 is 2.56 bits per heavy atom. The highest BCUT2D eigenvalue weighted by Gasteiger charge is 2.14. The summed E-state index contributed by atoms with van der Waals surface area (Å²) in [6.07, 6.45) is 4.33. The molecule has 0 saturated heterocycles. The van der Waals surface area contributed by atoms with Crippen molar-refractivity contribution in [1.82, 2.24) is 14.8 Å². The molecule has 0 N–H and O–H groups in total. The average Bonchev–Trinajstić information content (AvgIpc) is 2.69. The number of aromatic nitrogens is 3. The number of para-hydroxylation sites is 1. The Hall–Kier alpha value is -1.64. The monoisotopic (exact) mass is 215 g/mol. The second-order valence-electron chi connectivity index (χ2n) is 5.21. The third-order valence-electron chi connectivity index (χ3n) is 2.38. The Kier molecular flexibility index (Phi) is 2.77. The first-order valence-corrected chi connectivity index (χ1v) is 5.49. The van der Waals surface area contributed by atoms with Gasteiger partial charge in [0.05, 0.1) is 5.69 Å². The van der Waals surface area contributed by atoms with Gasteiger partial charge in [0.1, 0.15) is 12.7 Å². The first-order chi connectivity index (χ1) is 7.56. The smallest absolute Gasteiger partial charge is 0.138 e. The number of hydrogen-bond donors (Lipinski definition) is 0. The van der Waals surface area contributed by atoms with Crippen molar-refractivity contribution in [3.8, 4) is 5.69 Å². The zero-order valence-electron chi connectivity index (χ0n) is 10.0. The van der Waals surface area contributed by atoms with E-state index in [2.05, 4.69) is 49.1 Å². The molecule has 16 heavy (non-hydrogen) atoms. The third-order valence-corrected chi connectivity index (χ3v) is 2.38. The standard InChI is InChI=1S/C13H17N3/c1-13(2,3)8-11-6-4-5-7-12(11)16-10-14-9-15-16/h4-7,9-10H,8H2,1-3H3. The maximum absolute atomic E-state index is 4.18. The lowest BCUT2D eigenvalue weighted by Crippen LogP contribution is -2.11. The van der Waals surface area contributed by atoms with E-state index in [0.29, 0.717) is 0 Å². The maximum Gasteiger partial charge on any atom is 0.138 e. The minimum absolute atomic E-state index is 0.274. The summed E-state index contributed by atoms with van der Waals surface area (Å²) in [7, 11) is 0. The molecule has 2 aromatic rings. The van der Waals surface area contributed by atoms with Crippen molar-refractivity contribution >= 4 is 0 Å².